The second-order valence-electron chi connectivity index (χ2n) is 6.82. The van der Waals surface area contributed by atoms with Crippen molar-refractivity contribution in [3.05, 3.63) is 0 Å². The molecule has 0 spiro atoms. The summed E-state index contributed by atoms with van der Waals surface area (Å²) in [5.74, 6) is 7.87. The van der Waals surface area contributed by atoms with Gasteiger partial charge in [0.1, 0.15) is 0 Å². The first-order valence-corrected chi connectivity index (χ1v) is 8.53. The Morgan fingerprint density at radius 1 is 1.10 bits per heavy atom. The van der Waals surface area contributed by atoms with Gasteiger partial charge < -0.3 is 10.6 Å². The molecule has 0 bridgehead atoms. The first-order chi connectivity index (χ1) is 9.58. The van der Waals surface area contributed by atoms with E-state index in [4.69, 9.17) is 0 Å². The maximum Gasteiger partial charge on any atom is 0.0146 e. The second-order valence-corrected chi connectivity index (χ2v) is 6.82. The van der Waals surface area contributed by atoms with E-state index in [-0.39, 0.29) is 2.85 Å². The van der Waals surface area contributed by atoms with Gasteiger partial charge in [0.05, 0.1) is 0 Å². The fourth-order valence-corrected chi connectivity index (χ4v) is 2.89. The normalized spacial score (nSPS) is 22.9. The quantitative estimate of drug-likeness (QED) is 0.543. The molecule has 0 aromatic carbocycles. The van der Waals surface area contributed by atoms with Crippen LogP contribution in [0.15, 0.2) is 0 Å². The van der Waals surface area contributed by atoms with E-state index in [0.29, 0.717) is 12.0 Å². The van der Waals surface area contributed by atoms with E-state index in [1.54, 1.807) is 0 Å². The third-order valence-corrected chi connectivity index (χ3v) is 3.89. The number of unbranched alkanes of at least 4 members (excludes halogenated alkanes) is 1. The molecule has 0 aliphatic heterocycles. The van der Waals surface area contributed by atoms with Crippen molar-refractivity contribution >= 4 is 0 Å². The van der Waals surface area contributed by atoms with Crippen LogP contribution in [0.5, 0.6) is 0 Å². The van der Waals surface area contributed by atoms with Crippen LogP contribution in [0.2, 0.25) is 0 Å². The molecule has 0 radical (unpaired) electrons. The molecular weight excluding hydrogens is 244 g/mol. The minimum atomic E-state index is 0. The maximum absolute atomic E-state index is 3.67. The van der Waals surface area contributed by atoms with Crippen molar-refractivity contribution in [2.24, 2.45) is 11.8 Å². The molecular formula is C18H38N2. The van der Waals surface area contributed by atoms with E-state index >= 15 is 0 Å². The Kier molecular flexibility index (Phi) is 8.98. The molecule has 2 heteroatoms. The van der Waals surface area contributed by atoms with Crippen molar-refractivity contribution in [3.8, 4) is 11.8 Å². The number of hydrogen-bond acceptors (Lipinski definition) is 2. The van der Waals surface area contributed by atoms with Crippen LogP contribution in [0, 0.1) is 23.7 Å². The van der Waals surface area contributed by atoms with Gasteiger partial charge in [0.15, 0.2) is 0 Å². The summed E-state index contributed by atoms with van der Waals surface area (Å²) in [6, 6.07) is 1.39. The lowest BCUT2D eigenvalue weighted by Crippen LogP contribution is -2.39. The van der Waals surface area contributed by atoms with Gasteiger partial charge in [-0.25, -0.2) is 0 Å². The Labute approximate surface area is 129 Å². The molecule has 0 aromatic rings. The highest BCUT2D eigenvalue weighted by Crippen LogP contribution is 2.23. The molecule has 0 saturated heterocycles. The summed E-state index contributed by atoms with van der Waals surface area (Å²) in [6.07, 6.45) is 7.68. The predicted octanol–water partition coefficient (Wildman–Crippen LogP) is 4.06. The molecule has 0 heterocycles. The largest absolute Gasteiger partial charge is 0.316 e. The minimum Gasteiger partial charge on any atom is -0.316 e. The molecule has 0 amide bonds. The summed E-state index contributed by atoms with van der Waals surface area (Å²) in [7, 11) is 0. The number of rotatable bonds is 7. The maximum atomic E-state index is 3.67. The molecule has 0 aromatic heterocycles. The van der Waals surface area contributed by atoms with Crippen LogP contribution in [0.1, 0.15) is 69.1 Å². The summed E-state index contributed by atoms with van der Waals surface area (Å²) < 4.78 is 0. The molecule has 0 unspecified atom stereocenters. The van der Waals surface area contributed by atoms with Crippen molar-refractivity contribution in [1.29, 1.82) is 0 Å². The predicted molar refractivity (Wildman–Crippen MR) is 93.0 cm³/mol. The first-order valence-electron chi connectivity index (χ1n) is 8.53. The Bertz CT molecular complexity index is 300. The number of hydrogen-bond donors (Lipinski definition) is 2. The van der Waals surface area contributed by atoms with Gasteiger partial charge in [0, 0.05) is 27.3 Å². The average Bonchev–Trinajstić information content (AvgIpc) is 2.38. The van der Waals surface area contributed by atoms with Crippen LogP contribution in [0.3, 0.4) is 0 Å². The lowest BCUT2D eigenvalue weighted by Gasteiger charge is -2.30. The molecule has 1 aliphatic carbocycles. The zero-order valence-corrected chi connectivity index (χ0v) is 14.0. The summed E-state index contributed by atoms with van der Waals surface area (Å²) in [5, 5.41) is 7.28. The van der Waals surface area contributed by atoms with Gasteiger partial charge in [0.2, 0.25) is 0 Å². The van der Waals surface area contributed by atoms with Gasteiger partial charge in [-0.05, 0) is 51.1 Å². The van der Waals surface area contributed by atoms with E-state index in [2.05, 4.69) is 50.2 Å². The van der Waals surface area contributed by atoms with E-state index in [1.807, 2.05) is 0 Å². The Morgan fingerprint density at radius 2 is 1.80 bits per heavy atom. The minimum absolute atomic E-state index is 0. The first kappa shape index (κ1) is 17.5. The van der Waals surface area contributed by atoms with Gasteiger partial charge in [-0.15, -0.1) is 11.8 Å². The van der Waals surface area contributed by atoms with Crippen molar-refractivity contribution in [2.75, 3.05) is 13.1 Å². The van der Waals surface area contributed by atoms with E-state index < -0.39 is 0 Å². The van der Waals surface area contributed by atoms with Crippen LogP contribution >= 0.6 is 0 Å². The Hall–Kier alpha value is -0.520. The van der Waals surface area contributed by atoms with E-state index in [1.165, 1.54) is 38.6 Å². The van der Waals surface area contributed by atoms with Gasteiger partial charge in [0.25, 0.3) is 0 Å². The van der Waals surface area contributed by atoms with Crippen LogP contribution in [0.25, 0.3) is 0 Å². The Morgan fingerprint density at radius 3 is 2.40 bits per heavy atom. The third kappa shape index (κ3) is 8.61. The molecule has 2 nitrogen and oxygen atoms in total. The lowest BCUT2D eigenvalue weighted by atomic mass is 9.85. The molecule has 20 heavy (non-hydrogen) atoms. The van der Waals surface area contributed by atoms with E-state index in [0.717, 1.165) is 24.9 Å². The topological polar surface area (TPSA) is 24.1 Å². The van der Waals surface area contributed by atoms with Gasteiger partial charge in [-0.1, -0.05) is 27.7 Å². The van der Waals surface area contributed by atoms with Crippen molar-refractivity contribution in [3.63, 3.8) is 0 Å². The second kappa shape index (κ2) is 10.2. The van der Waals surface area contributed by atoms with Gasteiger partial charge in [-0.2, -0.15) is 0 Å². The zero-order chi connectivity index (χ0) is 14.8. The molecule has 120 valence electrons. The summed E-state index contributed by atoms with van der Waals surface area (Å²) in [6.45, 7) is 11.1. The number of nitrogens with one attached hydrogen (secondary N) is 2. The summed E-state index contributed by atoms with van der Waals surface area (Å²) >= 11 is 0. The molecule has 2 N–H and O–H groups in total. The summed E-state index contributed by atoms with van der Waals surface area (Å²) in [4.78, 5) is 0. The third-order valence-electron chi connectivity index (χ3n) is 3.89. The fourth-order valence-electron chi connectivity index (χ4n) is 2.89. The molecule has 0 atom stereocenters. The highest BCUT2D eigenvalue weighted by atomic mass is 14.9. The van der Waals surface area contributed by atoms with Crippen LogP contribution in [-0.4, -0.2) is 25.2 Å². The molecule has 1 aliphatic rings. The smallest absolute Gasteiger partial charge is 0.0146 e. The fraction of sp³-hybridized carbons (Fsp3) is 0.889. The molecule has 1 saturated carbocycles. The highest BCUT2D eigenvalue weighted by Gasteiger charge is 2.20. The van der Waals surface area contributed by atoms with Crippen molar-refractivity contribution in [1.82, 2.24) is 10.6 Å². The van der Waals surface area contributed by atoms with Crippen molar-refractivity contribution < 1.29 is 2.85 Å². The highest BCUT2D eigenvalue weighted by molar-refractivity contribution is 5.00. The standard InChI is InChI=1S/C18H34N2.2H2/c1-15(2)8-6-5-7-13-19-14-17-9-11-18(12-10-17)20-16(3)4;;/h15-20H,5,7,9-14H2,1-4H3;2*1H. The Balaban J connectivity index is 0. The van der Waals surface area contributed by atoms with Gasteiger partial charge in [-0.3, -0.25) is 0 Å². The monoisotopic (exact) mass is 282 g/mol. The summed E-state index contributed by atoms with van der Waals surface area (Å²) in [5.41, 5.74) is 0. The zero-order valence-electron chi connectivity index (χ0n) is 14.0. The molecule has 1 fully saturated rings. The van der Waals surface area contributed by atoms with Crippen molar-refractivity contribution in [2.45, 2.75) is 78.3 Å². The van der Waals surface area contributed by atoms with E-state index in [9.17, 15) is 0 Å². The average molecular weight is 283 g/mol. The molecule has 1 rings (SSSR count). The van der Waals surface area contributed by atoms with Crippen LogP contribution < -0.4 is 10.6 Å². The van der Waals surface area contributed by atoms with Crippen LogP contribution in [-0.2, 0) is 0 Å². The van der Waals surface area contributed by atoms with Gasteiger partial charge >= 0.3 is 0 Å². The lowest BCUT2D eigenvalue weighted by molar-refractivity contribution is 0.274. The SMILES string of the molecule is CC(C)C#CCCCNCC1CCC(NC(C)C)CC1.[HH].[HH]. The van der Waals surface area contributed by atoms with Crippen LogP contribution in [0.4, 0.5) is 0 Å².